The zero-order chi connectivity index (χ0) is 12.1. The topological polar surface area (TPSA) is 68.5 Å². The van der Waals surface area contributed by atoms with E-state index in [1.807, 2.05) is 0 Å². The van der Waals surface area contributed by atoms with E-state index in [1.165, 1.54) is 7.11 Å². The quantitative estimate of drug-likeness (QED) is 0.857. The Morgan fingerprint density at radius 1 is 1.56 bits per heavy atom. The van der Waals surface area contributed by atoms with Crippen molar-refractivity contribution in [3.05, 3.63) is 22.6 Å². The lowest BCUT2D eigenvalue weighted by molar-refractivity contribution is -0.141. The normalized spacial score (nSPS) is 11.9. The molecule has 88 valence electrons. The number of nitrogens with one attached hydrogen (secondary N) is 1. The summed E-state index contributed by atoms with van der Waals surface area (Å²) in [5, 5.41) is 2.62. The van der Waals surface area contributed by atoms with Gasteiger partial charge in [-0.2, -0.15) is 0 Å². The summed E-state index contributed by atoms with van der Waals surface area (Å²) < 4.78 is 10.0. The molecule has 0 spiro atoms. The van der Waals surface area contributed by atoms with Gasteiger partial charge in [-0.3, -0.25) is 9.59 Å². The Bertz CT molecular complexity index is 388. The van der Waals surface area contributed by atoms with E-state index in [1.54, 1.807) is 19.1 Å². The van der Waals surface area contributed by atoms with Crippen molar-refractivity contribution in [3.63, 3.8) is 0 Å². The van der Waals surface area contributed by atoms with E-state index < -0.39 is 0 Å². The van der Waals surface area contributed by atoms with E-state index in [0.29, 0.717) is 4.67 Å². The summed E-state index contributed by atoms with van der Waals surface area (Å²) in [6.45, 7) is 1.72. The van der Waals surface area contributed by atoms with E-state index in [-0.39, 0.29) is 30.1 Å². The minimum absolute atomic E-state index is 0.129. The van der Waals surface area contributed by atoms with Crippen LogP contribution in [0.2, 0.25) is 0 Å². The Balaban J connectivity index is 2.48. The number of rotatable bonds is 4. The maximum absolute atomic E-state index is 11.6. The number of ether oxygens (including phenoxy) is 1. The van der Waals surface area contributed by atoms with Gasteiger partial charge < -0.3 is 14.5 Å². The van der Waals surface area contributed by atoms with Crippen molar-refractivity contribution in [3.8, 4) is 0 Å². The van der Waals surface area contributed by atoms with Gasteiger partial charge in [-0.1, -0.05) is 0 Å². The van der Waals surface area contributed by atoms with Crippen molar-refractivity contribution >= 4 is 27.8 Å². The summed E-state index contributed by atoms with van der Waals surface area (Å²) in [4.78, 5) is 22.5. The molecule has 6 heteroatoms. The molecule has 0 saturated carbocycles. The number of esters is 1. The zero-order valence-electron chi connectivity index (χ0n) is 8.95. The Kier molecular flexibility index (Phi) is 4.54. The minimum Gasteiger partial charge on any atom is -0.469 e. The molecule has 1 atom stereocenters. The molecule has 16 heavy (non-hydrogen) atoms. The summed E-state index contributed by atoms with van der Waals surface area (Å²) in [5.74, 6) is -0.529. The fourth-order valence-electron chi connectivity index (χ4n) is 1.12. The van der Waals surface area contributed by atoms with Gasteiger partial charge in [-0.15, -0.1) is 0 Å². The van der Waals surface area contributed by atoms with Crippen LogP contribution in [0.5, 0.6) is 0 Å². The average molecular weight is 290 g/mol. The van der Waals surface area contributed by atoms with Crippen molar-refractivity contribution in [2.24, 2.45) is 0 Å². The lowest BCUT2D eigenvalue weighted by atomic mass is 10.2. The second-order valence-corrected chi connectivity index (χ2v) is 4.04. The molecule has 5 nitrogen and oxygen atoms in total. The number of hydrogen-bond acceptors (Lipinski definition) is 4. The first-order chi connectivity index (χ1) is 7.52. The molecule has 0 bridgehead atoms. The van der Waals surface area contributed by atoms with E-state index in [9.17, 15) is 9.59 Å². The number of carbonyl (C=O) groups excluding carboxylic acids is 2. The molecule has 1 heterocycles. The molecule has 1 rings (SSSR count). The Hall–Kier alpha value is -1.30. The average Bonchev–Trinajstić information content (AvgIpc) is 2.64. The second-order valence-electron chi connectivity index (χ2n) is 3.26. The first-order valence-corrected chi connectivity index (χ1v) is 5.45. The second kappa shape index (κ2) is 5.69. The highest BCUT2D eigenvalue weighted by molar-refractivity contribution is 9.10. The van der Waals surface area contributed by atoms with Crippen LogP contribution in [0.3, 0.4) is 0 Å². The SMILES string of the molecule is COC(=O)CC(C)NC(=O)c1ccc(Br)o1. The Morgan fingerprint density at radius 3 is 2.75 bits per heavy atom. The first-order valence-electron chi connectivity index (χ1n) is 4.66. The summed E-state index contributed by atoms with van der Waals surface area (Å²) in [7, 11) is 1.31. The number of halogens is 1. The van der Waals surface area contributed by atoms with Crippen molar-refractivity contribution in [2.45, 2.75) is 19.4 Å². The Labute approximate surface area is 101 Å². The van der Waals surface area contributed by atoms with E-state index >= 15 is 0 Å². The smallest absolute Gasteiger partial charge is 0.307 e. The van der Waals surface area contributed by atoms with Gasteiger partial charge >= 0.3 is 5.97 Å². The molecule has 1 unspecified atom stereocenters. The summed E-state index contributed by atoms with van der Waals surface area (Å²) in [6.07, 6.45) is 0.129. The summed E-state index contributed by atoms with van der Waals surface area (Å²) >= 11 is 3.10. The van der Waals surface area contributed by atoms with Crippen LogP contribution < -0.4 is 5.32 Å². The van der Waals surface area contributed by atoms with Gasteiger partial charge in [0.1, 0.15) is 0 Å². The third kappa shape index (κ3) is 3.69. The molecule has 1 aromatic rings. The van der Waals surface area contributed by atoms with Crippen molar-refractivity contribution in [2.75, 3.05) is 7.11 Å². The largest absolute Gasteiger partial charge is 0.469 e. The number of furan rings is 1. The molecular formula is C10H12BrNO4. The van der Waals surface area contributed by atoms with E-state index in [0.717, 1.165) is 0 Å². The highest BCUT2D eigenvalue weighted by Crippen LogP contribution is 2.13. The summed E-state index contributed by atoms with van der Waals surface area (Å²) in [5.41, 5.74) is 0. The fourth-order valence-corrected chi connectivity index (χ4v) is 1.42. The van der Waals surface area contributed by atoms with Gasteiger partial charge in [0.2, 0.25) is 0 Å². The highest BCUT2D eigenvalue weighted by atomic mass is 79.9. The molecule has 0 aliphatic carbocycles. The predicted octanol–water partition coefficient (Wildman–Crippen LogP) is 1.72. The third-order valence-electron chi connectivity index (χ3n) is 1.88. The van der Waals surface area contributed by atoms with Crippen molar-refractivity contribution in [1.29, 1.82) is 0 Å². The van der Waals surface area contributed by atoms with Gasteiger partial charge in [0, 0.05) is 6.04 Å². The molecule has 0 aliphatic rings. The number of methoxy groups -OCH3 is 1. The fraction of sp³-hybridized carbons (Fsp3) is 0.400. The van der Waals surface area contributed by atoms with Crippen LogP contribution in [0, 0.1) is 0 Å². The van der Waals surface area contributed by atoms with Crippen LogP contribution in [-0.2, 0) is 9.53 Å². The molecule has 0 aromatic carbocycles. The van der Waals surface area contributed by atoms with Crippen LogP contribution in [-0.4, -0.2) is 25.0 Å². The predicted molar refractivity (Wildman–Crippen MR) is 60.0 cm³/mol. The summed E-state index contributed by atoms with van der Waals surface area (Å²) in [6, 6.07) is 2.87. The Morgan fingerprint density at radius 2 is 2.25 bits per heavy atom. The lowest BCUT2D eigenvalue weighted by Gasteiger charge is -2.10. The molecule has 0 radical (unpaired) electrons. The van der Waals surface area contributed by atoms with E-state index in [2.05, 4.69) is 26.0 Å². The van der Waals surface area contributed by atoms with Crippen LogP contribution in [0.1, 0.15) is 23.9 Å². The molecule has 1 N–H and O–H groups in total. The van der Waals surface area contributed by atoms with Gasteiger partial charge in [-0.25, -0.2) is 0 Å². The van der Waals surface area contributed by atoms with Crippen LogP contribution in [0.15, 0.2) is 21.2 Å². The van der Waals surface area contributed by atoms with Gasteiger partial charge in [-0.05, 0) is 35.0 Å². The van der Waals surface area contributed by atoms with Crippen molar-refractivity contribution in [1.82, 2.24) is 5.32 Å². The molecule has 0 aliphatic heterocycles. The van der Waals surface area contributed by atoms with Crippen LogP contribution in [0.4, 0.5) is 0 Å². The number of hydrogen-bond donors (Lipinski definition) is 1. The standard InChI is InChI=1S/C10H12BrNO4/c1-6(5-9(13)15-2)12-10(14)7-3-4-8(11)16-7/h3-4,6H,5H2,1-2H3,(H,12,14). The van der Waals surface area contributed by atoms with Gasteiger partial charge in [0.05, 0.1) is 13.5 Å². The molecule has 0 fully saturated rings. The number of carbonyl (C=O) groups is 2. The van der Waals surface area contributed by atoms with Crippen molar-refractivity contribution < 1.29 is 18.7 Å². The highest BCUT2D eigenvalue weighted by Gasteiger charge is 2.15. The van der Waals surface area contributed by atoms with Crippen LogP contribution in [0.25, 0.3) is 0 Å². The maximum atomic E-state index is 11.6. The minimum atomic E-state index is -0.367. The zero-order valence-corrected chi connectivity index (χ0v) is 10.5. The molecule has 1 amide bonds. The van der Waals surface area contributed by atoms with Gasteiger partial charge in [0.25, 0.3) is 5.91 Å². The van der Waals surface area contributed by atoms with E-state index in [4.69, 9.17) is 4.42 Å². The lowest BCUT2D eigenvalue weighted by Crippen LogP contribution is -2.34. The number of amides is 1. The van der Waals surface area contributed by atoms with Crippen LogP contribution >= 0.6 is 15.9 Å². The third-order valence-corrected chi connectivity index (χ3v) is 2.30. The monoisotopic (exact) mass is 289 g/mol. The molecule has 1 aromatic heterocycles. The maximum Gasteiger partial charge on any atom is 0.307 e. The molecular weight excluding hydrogens is 278 g/mol. The molecule has 0 saturated heterocycles. The first kappa shape index (κ1) is 12.8. The van der Waals surface area contributed by atoms with Gasteiger partial charge in [0.15, 0.2) is 10.4 Å².